The van der Waals surface area contributed by atoms with Gasteiger partial charge in [-0.25, -0.2) is 0 Å². The van der Waals surface area contributed by atoms with E-state index in [0.29, 0.717) is 23.6 Å². The summed E-state index contributed by atoms with van der Waals surface area (Å²) in [5.41, 5.74) is 0.672. The van der Waals surface area contributed by atoms with Crippen molar-refractivity contribution in [3.8, 4) is 5.75 Å². The molecule has 2 aromatic carbocycles. The molecule has 6 atom stereocenters. The van der Waals surface area contributed by atoms with Gasteiger partial charge in [-0.2, -0.15) is 0 Å². The molecule has 4 rings (SSSR count). The van der Waals surface area contributed by atoms with E-state index in [1.807, 2.05) is 31.2 Å². The Kier molecular flexibility index (Phi) is 6.04. The maximum Gasteiger partial charge on any atom is 0.225 e. The van der Waals surface area contributed by atoms with Crippen molar-refractivity contribution in [1.29, 1.82) is 0 Å². The van der Waals surface area contributed by atoms with Gasteiger partial charge in [0.25, 0.3) is 0 Å². The summed E-state index contributed by atoms with van der Waals surface area (Å²) in [6, 6.07) is 12.7. The highest BCUT2D eigenvalue weighted by Gasteiger charge is 2.68. The number of benzene rings is 2. The second kappa shape index (κ2) is 8.33. The normalized spacial score (nSPS) is 33.3. The molecule has 0 saturated carbocycles. The molecule has 2 heterocycles. The second-order valence-electron chi connectivity index (χ2n) is 8.13. The Hall–Kier alpha value is -1.71. The number of fused-ring (bicyclic) bond motifs is 2. The Balaban J connectivity index is 1.67. The number of aliphatic hydroxyl groups is 4. The largest absolute Gasteiger partial charge is 0.494 e. The molecule has 2 aliphatic heterocycles. The van der Waals surface area contributed by atoms with E-state index in [0.717, 1.165) is 16.9 Å². The molecule has 0 radical (unpaired) electrons. The van der Waals surface area contributed by atoms with E-state index in [4.69, 9.17) is 25.8 Å². The van der Waals surface area contributed by atoms with Crippen LogP contribution in [0.15, 0.2) is 42.5 Å². The van der Waals surface area contributed by atoms with Gasteiger partial charge in [0.15, 0.2) is 0 Å². The number of hydrogen-bond donors (Lipinski definition) is 4. The summed E-state index contributed by atoms with van der Waals surface area (Å²) in [5.74, 6) is -0.946. The van der Waals surface area contributed by atoms with Crippen LogP contribution in [0.5, 0.6) is 5.75 Å². The molecule has 2 aromatic rings. The van der Waals surface area contributed by atoms with Gasteiger partial charge in [-0.1, -0.05) is 29.8 Å². The first-order chi connectivity index (χ1) is 14.7. The lowest BCUT2D eigenvalue weighted by Gasteiger charge is -2.47. The van der Waals surface area contributed by atoms with Crippen LogP contribution in [0.4, 0.5) is 0 Å². The fraction of sp³-hybridized carbons (Fsp3) is 0.478. The van der Waals surface area contributed by atoms with Gasteiger partial charge in [0.2, 0.25) is 5.79 Å². The Morgan fingerprint density at radius 2 is 1.84 bits per heavy atom. The van der Waals surface area contributed by atoms with Crippen LogP contribution < -0.4 is 4.74 Å². The monoisotopic (exact) mass is 450 g/mol. The lowest BCUT2D eigenvalue weighted by atomic mass is 9.81. The van der Waals surface area contributed by atoms with E-state index in [9.17, 15) is 20.4 Å². The van der Waals surface area contributed by atoms with Crippen molar-refractivity contribution < 1.29 is 34.6 Å². The van der Waals surface area contributed by atoms with Crippen molar-refractivity contribution in [3.63, 3.8) is 0 Å². The molecule has 8 heteroatoms. The molecule has 0 amide bonds. The SMILES string of the molecule is CCOc1ccc(Cc2cc([C@]34OC[C@]([C@@H](C)O)(O3)C(O)[C@H](O)[C@H]4O)ccc2Cl)cc1. The van der Waals surface area contributed by atoms with Crippen molar-refractivity contribution in [1.82, 2.24) is 0 Å². The molecule has 2 fully saturated rings. The van der Waals surface area contributed by atoms with Gasteiger partial charge in [0.1, 0.15) is 29.7 Å². The van der Waals surface area contributed by atoms with Crippen LogP contribution >= 0.6 is 11.6 Å². The molecule has 0 spiro atoms. The molecule has 168 valence electrons. The van der Waals surface area contributed by atoms with Crippen LogP contribution in [0.3, 0.4) is 0 Å². The minimum absolute atomic E-state index is 0.184. The molecule has 7 nitrogen and oxygen atoms in total. The molecule has 31 heavy (non-hydrogen) atoms. The third kappa shape index (κ3) is 3.64. The summed E-state index contributed by atoms with van der Waals surface area (Å²) >= 11 is 6.43. The van der Waals surface area contributed by atoms with Crippen LogP contribution in [-0.2, 0) is 21.7 Å². The molecule has 1 unspecified atom stereocenters. The van der Waals surface area contributed by atoms with E-state index < -0.39 is 35.8 Å². The highest BCUT2D eigenvalue weighted by Crippen LogP contribution is 2.51. The Morgan fingerprint density at radius 3 is 2.48 bits per heavy atom. The zero-order valence-electron chi connectivity index (χ0n) is 17.4. The van der Waals surface area contributed by atoms with E-state index in [1.54, 1.807) is 18.2 Å². The first-order valence-corrected chi connectivity index (χ1v) is 10.7. The lowest BCUT2D eigenvalue weighted by molar-refractivity contribution is -0.336. The predicted molar refractivity (Wildman–Crippen MR) is 113 cm³/mol. The van der Waals surface area contributed by atoms with Gasteiger partial charge in [-0.05, 0) is 55.7 Å². The average Bonchev–Trinajstić information content (AvgIpc) is 3.15. The van der Waals surface area contributed by atoms with Gasteiger partial charge < -0.3 is 34.6 Å². The van der Waals surface area contributed by atoms with Gasteiger partial charge in [0, 0.05) is 10.6 Å². The third-order valence-corrected chi connectivity index (χ3v) is 6.54. The Bertz CT molecular complexity index is 934. The number of rotatable bonds is 6. The van der Waals surface area contributed by atoms with E-state index in [2.05, 4.69) is 0 Å². The first-order valence-electron chi connectivity index (χ1n) is 10.3. The minimum Gasteiger partial charge on any atom is -0.494 e. The Labute approximate surface area is 185 Å². The number of hydrogen-bond acceptors (Lipinski definition) is 7. The summed E-state index contributed by atoms with van der Waals surface area (Å²) in [7, 11) is 0. The summed E-state index contributed by atoms with van der Waals surface area (Å²) in [5, 5.41) is 42.5. The maximum atomic E-state index is 10.8. The summed E-state index contributed by atoms with van der Waals surface area (Å²) < 4.78 is 17.3. The summed E-state index contributed by atoms with van der Waals surface area (Å²) in [6.45, 7) is 3.78. The van der Waals surface area contributed by atoms with E-state index in [-0.39, 0.29) is 6.61 Å². The van der Waals surface area contributed by atoms with Crippen LogP contribution in [0.1, 0.15) is 30.5 Å². The zero-order chi connectivity index (χ0) is 22.4. The molecule has 0 aromatic heterocycles. The van der Waals surface area contributed by atoms with Crippen molar-refractivity contribution in [2.75, 3.05) is 13.2 Å². The highest BCUT2D eigenvalue weighted by atomic mass is 35.5. The molecule has 2 saturated heterocycles. The third-order valence-electron chi connectivity index (χ3n) is 6.18. The molecular weight excluding hydrogens is 424 g/mol. The number of ether oxygens (including phenoxy) is 3. The van der Waals surface area contributed by atoms with Crippen molar-refractivity contribution in [2.24, 2.45) is 0 Å². The zero-order valence-corrected chi connectivity index (χ0v) is 18.1. The predicted octanol–water partition coefficient (Wildman–Crippen LogP) is 1.74. The molecule has 4 N–H and O–H groups in total. The van der Waals surface area contributed by atoms with Gasteiger partial charge in [0.05, 0.1) is 19.3 Å². The smallest absolute Gasteiger partial charge is 0.225 e. The van der Waals surface area contributed by atoms with E-state index >= 15 is 0 Å². The molecular formula is C23H27ClO7. The second-order valence-corrected chi connectivity index (χ2v) is 8.54. The van der Waals surface area contributed by atoms with Gasteiger partial charge >= 0.3 is 0 Å². The van der Waals surface area contributed by atoms with Crippen LogP contribution in [0.2, 0.25) is 5.02 Å². The molecule has 2 aliphatic rings. The van der Waals surface area contributed by atoms with Crippen molar-refractivity contribution in [2.45, 2.75) is 56.1 Å². The topological polar surface area (TPSA) is 109 Å². The molecule has 0 aliphatic carbocycles. The van der Waals surface area contributed by atoms with Crippen molar-refractivity contribution >= 4 is 11.6 Å². The van der Waals surface area contributed by atoms with Crippen LogP contribution in [0.25, 0.3) is 0 Å². The lowest BCUT2D eigenvalue weighted by Crippen LogP contribution is -2.67. The standard InChI is InChI=1S/C23H27ClO7/c1-3-29-17-7-4-14(5-8-17)10-15-11-16(6-9-18(15)24)23-21(28)19(26)20(27)22(31-23,12-30-23)13(2)25/h4-9,11,13,19-21,25-28H,3,10,12H2,1-2H3/t13-,19+,20?,21-,22-,23+/m1/s1. The summed E-state index contributed by atoms with van der Waals surface area (Å²) in [6.07, 6.45) is -5.25. The average molecular weight is 451 g/mol. The fourth-order valence-electron chi connectivity index (χ4n) is 4.32. The van der Waals surface area contributed by atoms with Crippen LogP contribution in [-0.4, -0.2) is 63.7 Å². The quantitative estimate of drug-likeness (QED) is 0.531. The highest BCUT2D eigenvalue weighted by molar-refractivity contribution is 6.31. The van der Waals surface area contributed by atoms with Gasteiger partial charge in [-0.15, -0.1) is 0 Å². The van der Waals surface area contributed by atoms with E-state index in [1.165, 1.54) is 6.92 Å². The number of halogens is 1. The minimum atomic E-state index is -1.73. The summed E-state index contributed by atoms with van der Waals surface area (Å²) in [4.78, 5) is 0. The first kappa shape index (κ1) is 22.5. The molecule has 2 bridgehead atoms. The van der Waals surface area contributed by atoms with Crippen LogP contribution in [0, 0.1) is 0 Å². The van der Waals surface area contributed by atoms with Gasteiger partial charge in [-0.3, -0.25) is 0 Å². The van der Waals surface area contributed by atoms with Crippen molar-refractivity contribution in [3.05, 3.63) is 64.2 Å². The maximum absolute atomic E-state index is 10.8. The Morgan fingerprint density at radius 1 is 1.13 bits per heavy atom. The fourth-order valence-corrected chi connectivity index (χ4v) is 4.51. The number of aliphatic hydroxyl groups excluding tert-OH is 4.